The number of carbonyl (C=O) groups excluding carboxylic acids is 1. The molecule has 6 heteroatoms. The van der Waals surface area contributed by atoms with E-state index in [9.17, 15) is 9.18 Å². The first-order valence-electron chi connectivity index (χ1n) is 9.37. The molecule has 0 unspecified atom stereocenters. The van der Waals surface area contributed by atoms with Gasteiger partial charge in [-0.2, -0.15) is 0 Å². The third kappa shape index (κ3) is 3.45. The number of rotatable bonds is 4. The van der Waals surface area contributed by atoms with Gasteiger partial charge in [-0.1, -0.05) is 18.2 Å². The number of hydrogen-bond acceptors (Lipinski definition) is 2. The van der Waals surface area contributed by atoms with E-state index >= 15 is 0 Å². The summed E-state index contributed by atoms with van der Waals surface area (Å²) in [6, 6.07) is 17.0. The molecule has 0 saturated heterocycles. The second kappa shape index (κ2) is 7.76. The highest BCUT2D eigenvalue weighted by Crippen LogP contribution is 2.34. The average molecular weight is 379 g/mol. The molecule has 0 bridgehead atoms. The summed E-state index contributed by atoms with van der Waals surface area (Å²) in [6.07, 6.45) is 1.96. The van der Waals surface area contributed by atoms with Gasteiger partial charge in [0.15, 0.2) is 0 Å². The van der Waals surface area contributed by atoms with Crippen LogP contribution in [0.5, 0.6) is 5.75 Å². The lowest BCUT2D eigenvalue weighted by molar-refractivity contribution is 0.180. The van der Waals surface area contributed by atoms with Crippen LogP contribution in [0.1, 0.15) is 24.2 Å². The molecule has 1 atom stereocenters. The Morgan fingerprint density at radius 3 is 2.64 bits per heavy atom. The van der Waals surface area contributed by atoms with Gasteiger partial charge < -0.3 is 19.5 Å². The Hall–Kier alpha value is -3.28. The highest BCUT2D eigenvalue weighted by molar-refractivity contribution is 5.90. The number of nitrogens with one attached hydrogen (secondary N) is 1. The number of amides is 2. The number of fused-ring (bicyclic) bond motifs is 1. The summed E-state index contributed by atoms with van der Waals surface area (Å²) in [6.45, 7) is 3.67. The number of anilines is 1. The molecule has 3 aromatic rings. The van der Waals surface area contributed by atoms with Gasteiger partial charge >= 0.3 is 6.03 Å². The molecule has 5 nitrogen and oxygen atoms in total. The molecule has 2 aromatic carbocycles. The minimum absolute atomic E-state index is 0.259. The number of ether oxygens (including phenoxy) is 1. The maximum absolute atomic E-state index is 14.6. The van der Waals surface area contributed by atoms with E-state index in [2.05, 4.69) is 9.88 Å². The maximum Gasteiger partial charge on any atom is 0.322 e. The zero-order valence-corrected chi connectivity index (χ0v) is 15.6. The zero-order chi connectivity index (χ0) is 19.5. The summed E-state index contributed by atoms with van der Waals surface area (Å²) in [5.74, 6) is 0.432. The third-order valence-corrected chi connectivity index (χ3v) is 4.92. The summed E-state index contributed by atoms with van der Waals surface area (Å²) in [7, 11) is 0. The molecule has 0 fully saturated rings. The molecule has 1 N–H and O–H groups in total. The van der Waals surface area contributed by atoms with Crippen LogP contribution in [0, 0.1) is 5.82 Å². The number of nitrogens with zero attached hydrogens (tertiary/aromatic N) is 2. The lowest BCUT2D eigenvalue weighted by atomic mass is 9.99. The fourth-order valence-corrected chi connectivity index (χ4v) is 3.62. The highest BCUT2D eigenvalue weighted by atomic mass is 19.1. The Morgan fingerprint density at radius 1 is 1.11 bits per heavy atom. The van der Waals surface area contributed by atoms with E-state index in [-0.39, 0.29) is 11.8 Å². The second-order valence-corrected chi connectivity index (χ2v) is 6.63. The van der Waals surface area contributed by atoms with Gasteiger partial charge in [0.05, 0.1) is 6.61 Å². The van der Waals surface area contributed by atoms with Gasteiger partial charge in [0, 0.05) is 36.2 Å². The lowest BCUT2D eigenvalue weighted by Gasteiger charge is -2.37. The summed E-state index contributed by atoms with van der Waals surface area (Å²) < 4.78 is 22.1. The average Bonchev–Trinajstić information content (AvgIpc) is 3.18. The number of halogens is 1. The molecule has 144 valence electrons. The van der Waals surface area contributed by atoms with E-state index in [1.54, 1.807) is 35.2 Å². The molecular formula is C22H22FN3O2. The molecule has 0 aliphatic carbocycles. The first-order chi connectivity index (χ1) is 13.7. The number of carbonyl (C=O) groups is 1. The van der Waals surface area contributed by atoms with Gasteiger partial charge in [0.1, 0.15) is 17.6 Å². The van der Waals surface area contributed by atoms with Crippen LogP contribution in [-0.4, -0.2) is 28.6 Å². The van der Waals surface area contributed by atoms with Gasteiger partial charge in [-0.05, 0) is 49.4 Å². The summed E-state index contributed by atoms with van der Waals surface area (Å²) in [5.41, 5.74) is 2.06. The van der Waals surface area contributed by atoms with E-state index < -0.39 is 6.04 Å². The van der Waals surface area contributed by atoms with E-state index in [1.807, 2.05) is 37.4 Å². The second-order valence-electron chi connectivity index (χ2n) is 6.63. The smallest absolute Gasteiger partial charge is 0.322 e. The van der Waals surface area contributed by atoms with Gasteiger partial charge in [0.25, 0.3) is 0 Å². The number of hydrogen-bond donors (Lipinski definition) is 1. The highest BCUT2D eigenvalue weighted by Gasteiger charge is 2.33. The van der Waals surface area contributed by atoms with Crippen molar-refractivity contribution in [2.75, 3.05) is 18.5 Å². The van der Waals surface area contributed by atoms with Crippen LogP contribution in [-0.2, 0) is 6.54 Å². The molecule has 1 aliphatic heterocycles. The normalized spacial score (nSPS) is 15.8. The lowest BCUT2D eigenvalue weighted by Crippen LogP contribution is -2.44. The van der Waals surface area contributed by atoms with E-state index in [4.69, 9.17) is 4.74 Å². The molecule has 2 amide bonds. The first kappa shape index (κ1) is 18.1. The first-order valence-corrected chi connectivity index (χ1v) is 9.37. The van der Waals surface area contributed by atoms with Gasteiger partial charge in [-0.3, -0.25) is 0 Å². The number of benzene rings is 2. The van der Waals surface area contributed by atoms with Crippen molar-refractivity contribution in [2.45, 2.75) is 19.5 Å². The Bertz CT molecular complexity index is 968. The predicted octanol–water partition coefficient (Wildman–Crippen LogP) is 4.66. The van der Waals surface area contributed by atoms with Gasteiger partial charge in [-0.25, -0.2) is 9.18 Å². The molecular weight excluding hydrogens is 357 g/mol. The number of aromatic nitrogens is 1. The summed E-state index contributed by atoms with van der Waals surface area (Å²) in [4.78, 5) is 14.7. The van der Waals surface area contributed by atoms with Crippen LogP contribution in [0.3, 0.4) is 0 Å². The van der Waals surface area contributed by atoms with Crippen molar-refractivity contribution in [1.82, 2.24) is 9.47 Å². The van der Waals surface area contributed by atoms with E-state index in [0.29, 0.717) is 30.9 Å². The SMILES string of the molecule is CCOc1ccc(NC(=O)N2CCn3cccc3[C@@H]2c2ccccc2F)cc1. The largest absolute Gasteiger partial charge is 0.494 e. The van der Waals surface area contributed by atoms with Gasteiger partial charge in [0.2, 0.25) is 0 Å². The monoisotopic (exact) mass is 379 g/mol. The van der Waals surface area contributed by atoms with Crippen LogP contribution < -0.4 is 10.1 Å². The maximum atomic E-state index is 14.6. The fourth-order valence-electron chi connectivity index (χ4n) is 3.62. The molecule has 1 aliphatic rings. The Balaban J connectivity index is 1.62. The fraction of sp³-hybridized carbons (Fsp3) is 0.227. The number of urea groups is 1. The van der Waals surface area contributed by atoms with Crippen LogP contribution in [0.15, 0.2) is 66.9 Å². The molecule has 0 saturated carbocycles. The van der Waals surface area contributed by atoms with Crippen molar-refractivity contribution in [3.8, 4) is 5.75 Å². The Morgan fingerprint density at radius 2 is 1.89 bits per heavy atom. The molecule has 0 radical (unpaired) electrons. The predicted molar refractivity (Wildman–Crippen MR) is 106 cm³/mol. The van der Waals surface area contributed by atoms with Crippen molar-refractivity contribution in [2.24, 2.45) is 0 Å². The van der Waals surface area contributed by atoms with Crippen LogP contribution in [0.25, 0.3) is 0 Å². The van der Waals surface area contributed by atoms with E-state index in [0.717, 1.165) is 11.4 Å². The quantitative estimate of drug-likeness (QED) is 0.716. The van der Waals surface area contributed by atoms with Gasteiger partial charge in [-0.15, -0.1) is 0 Å². The van der Waals surface area contributed by atoms with Crippen LogP contribution in [0.2, 0.25) is 0 Å². The van der Waals surface area contributed by atoms with Crippen molar-refractivity contribution < 1.29 is 13.9 Å². The van der Waals surface area contributed by atoms with Crippen LogP contribution >= 0.6 is 0 Å². The Labute approximate surface area is 163 Å². The van der Waals surface area contributed by atoms with Crippen molar-refractivity contribution >= 4 is 11.7 Å². The third-order valence-electron chi connectivity index (χ3n) is 4.92. The molecule has 2 heterocycles. The van der Waals surface area contributed by atoms with Crippen molar-refractivity contribution in [1.29, 1.82) is 0 Å². The van der Waals surface area contributed by atoms with Crippen molar-refractivity contribution in [3.05, 3.63) is 83.9 Å². The van der Waals surface area contributed by atoms with Crippen molar-refractivity contribution in [3.63, 3.8) is 0 Å². The molecule has 1 aromatic heterocycles. The van der Waals surface area contributed by atoms with Crippen LogP contribution in [0.4, 0.5) is 14.9 Å². The Kier molecular flexibility index (Phi) is 5.02. The minimum atomic E-state index is -0.479. The summed E-state index contributed by atoms with van der Waals surface area (Å²) in [5, 5.41) is 2.92. The molecule has 4 rings (SSSR count). The topological polar surface area (TPSA) is 46.5 Å². The summed E-state index contributed by atoms with van der Waals surface area (Å²) >= 11 is 0. The minimum Gasteiger partial charge on any atom is -0.494 e. The zero-order valence-electron chi connectivity index (χ0n) is 15.6. The molecule has 0 spiro atoms. The van der Waals surface area contributed by atoms with E-state index in [1.165, 1.54) is 6.07 Å². The molecule has 28 heavy (non-hydrogen) atoms. The standard InChI is InChI=1S/C22H22FN3O2/c1-2-28-17-11-9-16(10-12-17)24-22(27)26-15-14-25-13-5-8-20(25)21(26)18-6-3-4-7-19(18)23/h3-13,21H,2,14-15H2,1H3,(H,24,27)/t21-/m0/s1.